The largest absolute Gasteiger partial charge is 1.00 e. The Morgan fingerprint density at radius 3 is 1.95 bits per heavy atom. The van der Waals surface area contributed by atoms with E-state index >= 15 is 0 Å². The predicted molar refractivity (Wildman–Crippen MR) is 71.1 cm³/mol. The van der Waals surface area contributed by atoms with Crippen LogP contribution in [0.4, 0.5) is 0 Å². The molecular weight excluding hydrogens is 328 g/mol. The van der Waals surface area contributed by atoms with Crippen molar-refractivity contribution < 1.29 is 53.3 Å². The number of rotatable bonds is 7. The lowest BCUT2D eigenvalue weighted by Gasteiger charge is -2.25. The fraction of sp³-hybridized carbons (Fsp3) is 1.00. The molecule has 1 fully saturated rings. The molecule has 1 aliphatic heterocycles. The number of halogens is 1. The zero-order valence-electron chi connectivity index (χ0n) is 11.2. The SMILES string of the molecule is OC[C@@H](O)[C@@H](O)[C@H](O)[C@H](O)C[S+]1C[C@@H](O)[C@H](O)[C@H]1CO.[Cl-]. The second kappa shape index (κ2) is 9.46. The topological polar surface area (TPSA) is 162 Å². The summed E-state index contributed by atoms with van der Waals surface area (Å²) in [5, 5.41) is 74.7. The highest BCUT2D eigenvalue weighted by atomic mass is 35.5. The first-order valence-corrected chi connectivity index (χ1v) is 7.92. The van der Waals surface area contributed by atoms with Gasteiger partial charge in [-0.05, 0) is 0 Å². The van der Waals surface area contributed by atoms with Crippen LogP contribution in [0.2, 0.25) is 0 Å². The Morgan fingerprint density at radius 1 is 0.952 bits per heavy atom. The lowest BCUT2D eigenvalue weighted by Crippen LogP contribution is -3.00. The number of aliphatic hydroxyl groups excluding tert-OH is 8. The van der Waals surface area contributed by atoms with Crippen LogP contribution in [0.1, 0.15) is 0 Å². The van der Waals surface area contributed by atoms with Gasteiger partial charge >= 0.3 is 0 Å². The fourth-order valence-electron chi connectivity index (χ4n) is 2.17. The Kier molecular flexibility index (Phi) is 9.60. The molecule has 0 radical (unpaired) electrons. The van der Waals surface area contributed by atoms with E-state index in [1.165, 1.54) is 0 Å². The second-order valence-corrected chi connectivity index (χ2v) is 7.30. The van der Waals surface area contributed by atoms with Crippen LogP contribution in [0.25, 0.3) is 0 Å². The monoisotopic (exact) mass is 350 g/mol. The molecule has 0 aliphatic carbocycles. The van der Waals surface area contributed by atoms with Gasteiger partial charge in [0.25, 0.3) is 0 Å². The van der Waals surface area contributed by atoms with E-state index in [-0.39, 0.29) is 30.5 Å². The Bertz CT molecular complexity index is 299. The van der Waals surface area contributed by atoms with Gasteiger partial charge in [0.15, 0.2) is 5.25 Å². The summed E-state index contributed by atoms with van der Waals surface area (Å²) in [6.45, 7) is -1.11. The van der Waals surface area contributed by atoms with Gasteiger partial charge in [-0.2, -0.15) is 0 Å². The van der Waals surface area contributed by atoms with E-state index in [2.05, 4.69) is 0 Å². The van der Waals surface area contributed by atoms with Crippen LogP contribution in [0, 0.1) is 0 Å². The van der Waals surface area contributed by atoms with E-state index in [0.717, 1.165) is 0 Å². The maximum atomic E-state index is 9.84. The zero-order valence-corrected chi connectivity index (χ0v) is 12.8. The summed E-state index contributed by atoms with van der Waals surface area (Å²) < 4.78 is 0. The van der Waals surface area contributed by atoms with Crippen molar-refractivity contribution in [1.82, 2.24) is 0 Å². The van der Waals surface area contributed by atoms with Crippen LogP contribution in [-0.4, -0.2) is 107 Å². The Morgan fingerprint density at radius 2 is 1.48 bits per heavy atom. The van der Waals surface area contributed by atoms with Crippen LogP contribution in [0.5, 0.6) is 0 Å². The third-order valence-corrected chi connectivity index (χ3v) is 6.30. The van der Waals surface area contributed by atoms with Gasteiger partial charge in [0.2, 0.25) is 0 Å². The van der Waals surface area contributed by atoms with Crippen molar-refractivity contribution in [1.29, 1.82) is 0 Å². The van der Waals surface area contributed by atoms with Crippen molar-refractivity contribution >= 4 is 10.9 Å². The molecule has 0 spiro atoms. The van der Waals surface area contributed by atoms with Crippen molar-refractivity contribution in [3.63, 3.8) is 0 Å². The van der Waals surface area contributed by atoms with Crippen molar-refractivity contribution in [3.05, 3.63) is 0 Å². The van der Waals surface area contributed by atoms with Gasteiger partial charge < -0.3 is 53.3 Å². The lowest BCUT2D eigenvalue weighted by atomic mass is 10.0. The van der Waals surface area contributed by atoms with Gasteiger partial charge in [-0.25, -0.2) is 0 Å². The normalized spacial score (nSPS) is 34.9. The molecule has 8 atom stereocenters. The molecule has 21 heavy (non-hydrogen) atoms. The molecule has 8 N–H and O–H groups in total. The highest BCUT2D eigenvalue weighted by molar-refractivity contribution is 7.97. The van der Waals surface area contributed by atoms with Crippen LogP contribution >= 0.6 is 0 Å². The maximum Gasteiger partial charge on any atom is 0.169 e. The molecule has 8 nitrogen and oxygen atoms in total. The highest BCUT2D eigenvalue weighted by Crippen LogP contribution is 2.25. The molecule has 1 unspecified atom stereocenters. The molecule has 0 aromatic heterocycles. The Labute approximate surface area is 131 Å². The number of hydrogen-bond donors (Lipinski definition) is 8. The minimum absolute atomic E-state index is 0. The van der Waals surface area contributed by atoms with E-state index in [4.69, 9.17) is 5.11 Å². The van der Waals surface area contributed by atoms with E-state index in [1.54, 1.807) is 0 Å². The van der Waals surface area contributed by atoms with Gasteiger partial charge in [-0.15, -0.1) is 0 Å². The lowest BCUT2D eigenvalue weighted by molar-refractivity contribution is -0.109. The van der Waals surface area contributed by atoms with Gasteiger partial charge in [0.1, 0.15) is 48.1 Å². The van der Waals surface area contributed by atoms with Crippen molar-refractivity contribution in [2.75, 3.05) is 24.7 Å². The van der Waals surface area contributed by atoms with E-state index in [1.807, 2.05) is 0 Å². The summed E-state index contributed by atoms with van der Waals surface area (Å²) in [6, 6.07) is 0. The van der Waals surface area contributed by atoms with Gasteiger partial charge in [0, 0.05) is 10.9 Å². The third-order valence-electron chi connectivity index (χ3n) is 3.48. The molecule has 0 bridgehead atoms. The number of aliphatic hydroxyl groups is 8. The van der Waals surface area contributed by atoms with Crippen LogP contribution in [-0.2, 0) is 10.9 Å². The maximum absolute atomic E-state index is 9.84. The number of hydrogen-bond acceptors (Lipinski definition) is 8. The summed E-state index contributed by atoms with van der Waals surface area (Å²) >= 11 is 0. The fourth-order valence-corrected chi connectivity index (χ4v) is 4.86. The smallest absolute Gasteiger partial charge is 0.169 e. The molecule has 1 saturated heterocycles. The molecular formula is C11H23ClO8S. The van der Waals surface area contributed by atoms with Crippen LogP contribution in [0.15, 0.2) is 0 Å². The van der Waals surface area contributed by atoms with Gasteiger partial charge in [-0.3, -0.25) is 0 Å². The molecule has 10 heteroatoms. The minimum atomic E-state index is -1.70. The molecule has 1 heterocycles. The van der Waals surface area contributed by atoms with Gasteiger partial charge in [0.05, 0.1) is 13.2 Å². The molecule has 128 valence electrons. The van der Waals surface area contributed by atoms with Crippen molar-refractivity contribution in [2.24, 2.45) is 0 Å². The van der Waals surface area contributed by atoms with E-state index in [9.17, 15) is 35.7 Å². The average Bonchev–Trinajstić information content (AvgIpc) is 2.70. The zero-order chi connectivity index (χ0) is 15.4. The summed E-state index contributed by atoms with van der Waals surface area (Å²) in [5.41, 5.74) is 0. The summed E-state index contributed by atoms with van der Waals surface area (Å²) in [5.74, 6) is 0.157. The summed E-state index contributed by atoms with van der Waals surface area (Å²) in [6.07, 6.45) is -8.42. The van der Waals surface area contributed by atoms with E-state index < -0.39 is 59.4 Å². The minimum Gasteiger partial charge on any atom is -1.00 e. The first-order valence-electron chi connectivity index (χ1n) is 6.29. The molecule has 1 aliphatic rings. The Balaban J connectivity index is 0.00000400. The second-order valence-electron chi connectivity index (χ2n) is 4.95. The molecule has 0 aromatic carbocycles. The quantitative estimate of drug-likeness (QED) is 0.210. The molecule has 1 rings (SSSR count). The standard InChI is InChI=1S/C11H23O8S.ClH/c12-1-5(14)10(18)11(19)7(16)4-20-3-6(15)9(17)8(20)2-13;/h5-19H,1-4H2;1H/q+1;/p-1/t5-,6-,7-,8-,9+,10-,11-,20?;/m1./s1. The van der Waals surface area contributed by atoms with Crippen LogP contribution in [0.3, 0.4) is 0 Å². The first-order chi connectivity index (χ1) is 9.33. The summed E-state index contributed by atoms with van der Waals surface area (Å²) in [7, 11) is -0.723. The first kappa shape index (κ1) is 21.3. The summed E-state index contributed by atoms with van der Waals surface area (Å²) in [4.78, 5) is 0. The van der Waals surface area contributed by atoms with Crippen LogP contribution < -0.4 is 12.4 Å². The van der Waals surface area contributed by atoms with E-state index in [0.29, 0.717) is 0 Å². The van der Waals surface area contributed by atoms with Gasteiger partial charge in [-0.1, -0.05) is 0 Å². The molecule has 0 aromatic rings. The van der Waals surface area contributed by atoms with Crippen molar-refractivity contribution in [2.45, 2.75) is 41.9 Å². The van der Waals surface area contributed by atoms with Crippen molar-refractivity contribution in [3.8, 4) is 0 Å². The average molecular weight is 351 g/mol. The highest BCUT2D eigenvalue weighted by Gasteiger charge is 2.50. The molecule has 0 amide bonds. The predicted octanol–water partition coefficient (Wildman–Crippen LogP) is -7.86. The molecule has 0 saturated carbocycles. The third kappa shape index (κ3) is 5.17. The Hall–Kier alpha value is 0.320.